The van der Waals surface area contributed by atoms with E-state index < -0.39 is 4.92 Å². The van der Waals surface area contributed by atoms with Crippen LogP contribution in [0.4, 0.5) is 5.69 Å². The van der Waals surface area contributed by atoms with Crippen LogP contribution in [0.25, 0.3) is 11.4 Å². The summed E-state index contributed by atoms with van der Waals surface area (Å²) in [6, 6.07) is 13.1. The van der Waals surface area contributed by atoms with Gasteiger partial charge in [-0.05, 0) is 24.6 Å². The third-order valence-corrected chi connectivity index (χ3v) is 4.16. The molecule has 0 bridgehead atoms. The van der Waals surface area contributed by atoms with Gasteiger partial charge in [0.25, 0.3) is 5.69 Å². The maximum absolute atomic E-state index is 12.2. The molecule has 27 heavy (non-hydrogen) atoms. The lowest BCUT2D eigenvalue weighted by Crippen LogP contribution is -2.30. The molecule has 1 aromatic heterocycles. The summed E-state index contributed by atoms with van der Waals surface area (Å²) in [7, 11) is 0. The summed E-state index contributed by atoms with van der Waals surface area (Å²) in [6.07, 6.45) is 1.42. The normalized spacial score (nSPS) is 11.8. The number of benzene rings is 2. The molecule has 1 N–H and O–H groups in total. The van der Waals surface area contributed by atoms with Gasteiger partial charge in [0.15, 0.2) is 5.82 Å². The van der Waals surface area contributed by atoms with Gasteiger partial charge in [-0.15, -0.1) is 0 Å². The van der Waals surface area contributed by atoms with Crippen LogP contribution in [0.1, 0.15) is 18.5 Å². The lowest BCUT2D eigenvalue weighted by molar-refractivity contribution is -0.384. The fourth-order valence-electron chi connectivity index (χ4n) is 2.53. The number of amides is 1. The van der Waals surface area contributed by atoms with Gasteiger partial charge in [0, 0.05) is 22.7 Å². The van der Waals surface area contributed by atoms with Crippen molar-refractivity contribution in [3.63, 3.8) is 0 Å². The standard InChI is InChI=1S/C18H16ClN5O3/c1-12(13-5-7-15(19)8-6-13)21-17(25)10-23-11-20-18(22-23)14-3-2-4-16(9-14)24(26)27/h2-9,11-12H,10H2,1H3,(H,21,25). The summed E-state index contributed by atoms with van der Waals surface area (Å²) in [6.45, 7) is 1.86. The Morgan fingerprint density at radius 3 is 2.74 bits per heavy atom. The van der Waals surface area contributed by atoms with E-state index in [9.17, 15) is 14.9 Å². The Morgan fingerprint density at radius 2 is 2.04 bits per heavy atom. The van der Waals surface area contributed by atoms with Crippen LogP contribution in [0.2, 0.25) is 5.02 Å². The smallest absolute Gasteiger partial charge is 0.270 e. The SMILES string of the molecule is CC(NC(=O)Cn1cnc(-c2cccc([N+](=O)[O-])c2)n1)c1ccc(Cl)cc1. The van der Waals surface area contributed by atoms with E-state index in [0.29, 0.717) is 16.4 Å². The number of nitrogens with zero attached hydrogens (tertiary/aromatic N) is 4. The van der Waals surface area contributed by atoms with Gasteiger partial charge in [0.2, 0.25) is 5.91 Å². The highest BCUT2D eigenvalue weighted by Crippen LogP contribution is 2.20. The van der Waals surface area contributed by atoms with Gasteiger partial charge in [-0.3, -0.25) is 14.9 Å². The van der Waals surface area contributed by atoms with E-state index in [1.165, 1.54) is 23.1 Å². The molecular weight excluding hydrogens is 370 g/mol. The Bertz CT molecular complexity index is 971. The Morgan fingerprint density at radius 1 is 1.30 bits per heavy atom. The minimum absolute atomic E-state index is 0.0140. The number of carbonyl (C=O) groups excluding carboxylic acids is 1. The highest BCUT2D eigenvalue weighted by Gasteiger charge is 2.13. The summed E-state index contributed by atoms with van der Waals surface area (Å²) >= 11 is 5.87. The molecule has 3 aromatic rings. The van der Waals surface area contributed by atoms with E-state index in [1.54, 1.807) is 24.3 Å². The second-order valence-electron chi connectivity index (χ2n) is 5.91. The maximum atomic E-state index is 12.2. The van der Waals surface area contributed by atoms with Gasteiger partial charge in [-0.1, -0.05) is 35.9 Å². The van der Waals surface area contributed by atoms with Gasteiger partial charge in [0.1, 0.15) is 12.9 Å². The van der Waals surface area contributed by atoms with E-state index >= 15 is 0 Å². The molecule has 1 atom stereocenters. The second-order valence-corrected chi connectivity index (χ2v) is 6.35. The van der Waals surface area contributed by atoms with Gasteiger partial charge in [-0.25, -0.2) is 9.67 Å². The van der Waals surface area contributed by atoms with Crippen molar-refractivity contribution in [1.82, 2.24) is 20.1 Å². The summed E-state index contributed by atoms with van der Waals surface area (Å²) in [5.41, 5.74) is 1.40. The Kier molecular flexibility index (Phi) is 5.46. The van der Waals surface area contributed by atoms with Gasteiger partial charge >= 0.3 is 0 Å². The average molecular weight is 386 g/mol. The van der Waals surface area contributed by atoms with Crippen LogP contribution in [-0.2, 0) is 11.3 Å². The van der Waals surface area contributed by atoms with Crippen LogP contribution in [0.3, 0.4) is 0 Å². The Balaban J connectivity index is 1.65. The zero-order valence-corrected chi connectivity index (χ0v) is 15.1. The highest BCUT2D eigenvalue weighted by molar-refractivity contribution is 6.30. The second kappa shape index (κ2) is 7.96. The first-order chi connectivity index (χ1) is 12.9. The fourth-order valence-corrected chi connectivity index (χ4v) is 2.66. The van der Waals surface area contributed by atoms with E-state index in [2.05, 4.69) is 15.4 Å². The fraction of sp³-hybridized carbons (Fsp3) is 0.167. The lowest BCUT2D eigenvalue weighted by Gasteiger charge is -2.14. The number of carbonyl (C=O) groups is 1. The van der Waals surface area contributed by atoms with Crippen LogP contribution >= 0.6 is 11.6 Å². The zero-order chi connectivity index (χ0) is 19.4. The molecule has 8 nitrogen and oxygen atoms in total. The molecule has 0 aliphatic rings. The first-order valence-corrected chi connectivity index (χ1v) is 8.49. The molecule has 1 heterocycles. The van der Waals surface area contributed by atoms with E-state index in [0.717, 1.165) is 5.56 Å². The van der Waals surface area contributed by atoms with Crippen LogP contribution in [0.5, 0.6) is 0 Å². The lowest BCUT2D eigenvalue weighted by atomic mass is 10.1. The molecule has 1 amide bonds. The van der Waals surface area contributed by atoms with Crippen molar-refractivity contribution in [2.75, 3.05) is 0 Å². The summed E-state index contributed by atoms with van der Waals surface area (Å²) in [5.74, 6) is 0.0881. The van der Waals surface area contributed by atoms with Crippen molar-refractivity contribution in [3.8, 4) is 11.4 Å². The van der Waals surface area contributed by atoms with Crippen molar-refractivity contribution >= 4 is 23.2 Å². The predicted octanol–water partition coefficient (Wildman–Crippen LogP) is 3.38. The van der Waals surface area contributed by atoms with E-state index in [1.807, 2.05) is 19.1 Å². The highest BCUT2D eigenvalue weighted by atomic mass is 35.5. The molecule has 0 saturated heterocycles. The van der Waals surface area contributed by atoms with Gasteiger partial charge in [0.05, 0.1) is 11.0 Å². The minimum Gasteiger partial charge on any atom is -0.348 e. The molecular formula is C18H16ClN5O3. The molecule has 0 radical (unpaired) electrons. The van der Waals surface area contributed by atoms with Crippen molar-refractivity contribution in [2.45, 2.75) is 19.5 Å². The van der Waals surface area contributed by atoms with E-state index in [-0.39, 0.29) is 24.2 Å². The minimum atomic E-state index is -0.480. The number of nitro groups is 1. The molecule has 3 rings (SSSR count). The molecule has 138 valence electrons. The number of halogens is 1. The third kappa shape index (κ3) is 4.68. The Labute approximate surface area is 159 Å². The number of rotatable bonds is 6. The van der Waals surface area contributed by atoms with Crippen molar-refractivity contribution in [3.05, 3.63) is 75.6 Å². The van der Waals surface area contributed by atoms with Crippen molar-refractivity contribution in [2.24, 2.45) is 0 Å². The number of nitro benzene ring substituents is 1. The average Bonchev–Trinajstić information content (AvgIpc) is 3.10. The summed E-state index contributed by atoms with van der Waals surface area (Å²) in [4.78, 5) is 26.8. The first-order valence-electron chi connectivity index (χ1n) is 8.11. The number of non-ortho nitro benzene ring substituents is 1. The van der Waals surface area contributed by atoms with Gasteiger partial charge < -0.3 is 5.32 Å². The summed E-state index contributed by atoms with van der Waals surface area (Å²) < 4.78 is 1.39. The quantitative estimate of drug-likeness (QED) is 0.517. The molecule has 0 aliphatic heterocycles. The van der Waals surface area contributed by atoms with Gasteiger partial charge in [-0.2, -0.15) is 5.10 Å². The number of nitrogens with one attached hydrogen (secondary N) is 1. The summed E-state index contributed by atoms with van der Waals surface area (Å²) in [5, 5.41) is 18.6. The maximum Gasteiger partial charge on any atom is 0.270 e. The molecule has 0 saturated carbocycles. The van der Waals surface area contributed by atoms with Crippen LogP contribution < -0.4 is 5.32 Å². The Hall–Kier alpha value is -3.26. The van der Waals surface area contributed by atoms with Crippen molar-refractivity contribution in [1.29, 1.82) is 0 Å². The molecule has 0 aliphatic carbocycles. The number of aromatic nitrogens is 3. The number of hydrogen-bond donors (Lipinski definition) is 1. The van der Waals surface area contributed by atoms with E-state index in [4.69, 9.17) is 11.6 Å². The van der Waals surface area contributed by atoms with Crippen LogP contribution in [0, 0.1) is 10.1 Å². The molecule has 0 spiro atoms. The van der Waals surface area contributed by atoms with Crippen LogP contribution in [0.15, 0.2) is 54.9 Å². The van der Waals surface area contributed by atoms with Crippen LogP contribution in [-0.4, -0.2) is 25.6 Å². The zero-order valence-electron chi connectivity index (χ0n) is 14.4. The first kappa shape index (κ1) is 18.5. The predicted molar refractivity (Wildman–Crippen MR) is 100 cm³/mol. The topological polar surface area (TPSA) is 103 Å². The molecule has 0 fully saturated rings. The largest absolute Gasteiger partial charge is 0.348 e. The molecule has 1 unspecified atom stereocenters. The molecule has 2 aromatic carbocycles. The third-order valence-electron chi connectivity index (χ3n) is 3.90. The van der Waals surface area contributed by atoms with Crippen molar-refractivity contribution < 1.29 is 9.72 Å². The molecule has 9 heteroatoms. The monoisotopic (exact) mass is 385 g/mol. The number of hydrogen-bond acceptors (Lipinski definition) is 5.